The maximum atomic E-state index is 13.7. The van der Waals surface area contributed by atoms with Crippen molar-refractivity contribution in [1.82, 2.24) is 19.9 Å². The van der Waals surface area contributed by atoms with Crippen molar-refractivity contribution in [2.24, 2.45) is 5.73 Å². The number of anilines is 1. The highest BCUT2D eigenvalue weighted by Gasteiger charge is 2.19. The number of pyridine rings is 1. The van der Waals surface area contributed by atoms with E-state index in [0.717, 1.165) is 11.3 Å². The van der Waals surface area contributed by atoms with Crippen molar-refractivity contribution < 1.29 is 4.79 Å². The highest BCUT2D eigenvalue weighted by atomic mass is 16.2. The Hall–Kier alpha value is -4.79. The van der Waals surface area contributed by atoms with Gasteiger partial charge in [0, 0.05) is 48.2 Å². The summed E-state index contributed by atoms with van der Waals surface area (Å²) in [7, 11) is 0. The molecule has 0 aliphatic carbocycles. The monoisotopic (exact) mass is 495 g/mol. The second-order valence-electron chi connectivity index (χ2n) is 8.70. The molecule has 4 rings (SSSR count). The van der Waals surface area contributed by atoms with Crippen molar-refractivity contribution in [3.63, 3.8) is 0 Å². The Balaban J connectivity index is 1.61. The molecule has 2 aromatic heterocycles. The lowest BCUT2D eigenvalue weighted by Crippen LogP contribution is -2.33. The number of aromatic nitrogens is 3. The summed E-state index contributed by atoms with van der Waals surface area (Å²) < 4.78 is 1.59. The molecule has 0 saturated heterocycles. The normalized spacial score (nSPS) is 10.7. The van der Waals surface area contributed by atoms with E-state index in [2.05, 4.69) is 10.3 Å². The first-order valence-corrected chi connectivity index (χ1v) is 11.9. The molecule has 0 atom stereocenters. The summed E-state index contributed by atoms with van der Waals surface area (Å²) in [6.45, 7) is 2.45. The summed E-state index contributed by atoms with van der Waals surface area (Å²) in [6.07, 6.45) is 2.14. The fraction of sp³-hybridized carbons (Fsp3) is 0.179. The van der Waals surface area contributed by atoms with Crippen molar-refractivity contribution in [2.75, 3.05) is 5.73 Å². The number of amides is 1. The molecule has 9 nitrogen and oxygen atoms in total. The molecule has 0 aliphatic rings. The fourth-order valence-corrected chi connectivity index (χ4v) is 4.05. The topological polar surface area (TPSA) is 153 Å². The molecular formula is C28H29N7O2. The van der Waals surface area contributed by atoms with Crippen LogP contribution in [0.2, 0.25) is 0 Å². The van der Waals surface area contributed by atoms with Crippen LogP contribution in [-0.4, -0.2) is 26.3 Å². The number of nitrogens with two attached hydrogens (primary N) is 2. The van der Waals surface area contributed by atoms with Crippen LogP contribution in [0.1, 0.15) is 28.2 Å². The third-order valence-corrected chi connectivity index (χ3v) is 6.02. The molecule has 4 aromatic rings. The standard InChI is InChI=1S/C28H29N7O2/c1-18-34-26(21-5-4-6-22(29)15-21)24(28(37)35(18)14-12-23-7-2-3-13-32-23)16-25(36)33-17-19-8-10-20(11-9-19)27(30)31/h2-11,13,15H,12,14,16-17,29H2,1H3,(H3,30,31)(H,33,36). The van der Waals surface area contributed by atoms with Gasteiger partial charge in [0.15, 0.2) is 0 Å². The number of carbonyl (C=O) groups is 1. The van der Waals surface area contributed by atoms with Gasteiger partial charge in [-0.1, -0.05) is 42.5 Å². The number of amidine groups is 1. The van der Waals surface area contributed by atoms with E-state index in [1.54, 1.807) is 60.2 Å². The zero-order valence-corrected chi connectivity index (χ0v) is 20.6. The molecule has 2 aromatic carbocycles. The van der Waals surface area contributed by atoms with Crippen LogP contribution in [0.5, 0.6) is 0 Å². The van der Waals surface area contributed by atoms with E-state index in [9.17, 15) is 9.59 Å². The van der Waals surface area contributed by atoms with Crippen LogP contribution in [0.25, 0.3) is 11.3 Å². The first-order chi connectivity index (χ1) is 17.8. The number of nitrogen functional groups attached to an aromatic ring is 2. The fourth-order valence-electron chi connectivity index (χ4n) is 4.05. The third-order valence-electron chi connectivity index (χ3n) is 6.02. The Morgan fingerprint density at radius 3 is 2.54 bits per heavy atom. The summed E-state index contributed by atoms with van der Waals surface area (Å²) in [5.41, 5.74) is 15.5. The average Bonchev–Trinajstić information content (AvgIpc) is 2.89. The number of aryl methyl sites for hydroxylation is 2. The van der Waals surface area contributed by atoms with E-state index < -0.39 is 0 Å². The van der Waals surface area contributed by atoms with Gasteiger partial charge >= 0.3 is 0 Å². The second-order valence-corrected chi connectivity index (χ2v) is 8.70. The summed E-state index contributed by atoms with van der Waals surface area (Å²) in [5, 5.41) is 10.4. The minimum atomic E-state index is -0.306. The van der Waals surface area contributed by atoms with Gasteiger partial charge in [-0.25, -0.2) is 4.98 Å². The maximum absolute atomic E-state index is 13.7. The van der Waals surface area contributed by atoms with Crippen LogP contribution in [0.4, 0.5) is 5.69 Å². The quantitative estimate of drug-likeness (QED) is 0.159. The van der Waals surface area contributed by atoms with Crippen molar-refractivity contribution in [2.45, 2.75) is 32.9 Å². The largest absolute Gasteiger partial charge is 0.399 e. The molecule has 0 saturated carbocycles. The van der Waals surface area contributed by atoms with Crippen LogP contribution < -0.4 is 22.3 Å². The lowest BCUT2D eigenvalue weighted by Gasteiger charge is -2.16. The number of rotatable bonds is 9. The first kappa shape index (κ1) is 25.3. The Kier molecular flexibility index (Phi) is 7.73. The molecule has 0 radical (unpaired) electrons. The van der Waals surface area contributed by atoms with Crippen LogP contribution in [0.15, 0.2) is 77.7 Å². The van der Waals surface area contributed by atoms with Crippen molar-refractivity contribution >= 4 is 17.4 Å². The Bertz CT molecular complexity index is 1480. The molecular weight excluding hydrogens is 466 g/mol. The van der Waals surface area contributed by atoms with Crippen LogP contribution in [0, 0.1) is 12.3 Å². The molecule has 37 heavy (non-hydrogen) atoms. The molecule has 0 fully saturated rings. The number of nitrogens with one attached hydrogen (secondary N) is 2. The molecule has 9 heteroatoms. The maximum Gasteiger partial charge on any atom is 0.257 e. The lowest BCUT2D eigenvalue weighted by atomic mass is 10.0. The SMILES string of the molecule is Cc1nc(-c2cccc(N)c2)c(CC(=O)NCc2ccc(C(=N)N)cc2)c(=O)n1CCc1ccccn1. The Morgan fingerprint density at radius 1 is 1.08 bits per heavy atom. The van der Waals surface area contributed by atoms with Crippen LogP contribution in [0.3, 0.4) is 0 Å². The van der Waals surface area contributed by atoms with Crippen molar-refractivity contribution in [1.29, 1.82) is 5.41 Å². The molecule has 188 valence electrons. The number of hydrogen-bond donors (Lipinski definition) is 4. The van der Waals surface area contributed by atoms with Gasteiger partial charge in [0.2, 0.25) is 5.91 Å². The van der Waals surface area contributed by atoms with E-state index in [0.29, 0.717) is 46.9 Å². The van der Waals surface area contributed by atoms with Gasteiger partial charge < -0.3 is 16.8 Å². The summed E-state index contributed by atoms with van der Waals surface area (Å²) in [4.78, 5) is 35.7. The summed E-state index contributed by atoms with van der Waals surface area (Å²) >= 11 is 0. The highest BCUT2D eigenvalue weighted by molar-refractivity contribution is 5.94. The van der Waals surface area contributed by atoms with E-state index in [1.165, 1.54) is 0 Å². The lowest BCUT2D eigenvalue weighted by molar-refractivity contribution is -0.120. The van der Waals surface area contributed by atoms with Gasteiger partial charge in [0.25, 0.3) is 5.56 Å². The van der Waals surface area contributed by atoms with Gasteiger partial charge in [-0.2, -0.15) is 0 Å². The average molecular weight is 496 g/mol. The van der Waals surface area contributed by atoms with Crippen LogP contribution in [-0.2, 0) is 30.7 Å². The van der Waals surface area contributed by atoms with E-state index in [-0.39, 0.29) is 30.3 Å². The van der Waals surface area contributed by atoms with Gasteiger partial charge in [-0.15, -0.1) is 0 Å². The van der Waals surface area contributed by atoms with Gasteiger partial charge in [0.05, 0.1) is 17.7 Å². The highest BCUT2D eigenvalue weighted by Crippen LogP contribution is 2.23. The van der Waals surface area contributed by atoms with Gasteiger partial charge in [-0.05, 0) is 36.8 Å². The number of nitrogens with zero attached hydrogens (tertiary/aromatic N) is 3. The molecule has 1 amide bonds. The third kappa shape index (κ3) is 6.26. The molecule has 2 heterocycles. The Labute approximate surface area is 214 Å². The van der Waals surface area contributed by atoms with E-state index in [4.69, 9.17) is 21.9 Å². The first-order valence-electron chi connectivity index (χ1n) is 11.9. The van der Waals surface area contributed by atoms with E-state index in [1.807, 2.05) is 24.3 Å². The minimum Gasteiger partial charge on any atom is -0.399 e. The summed E-state index contributed by atoms with van der Waals surface area (Å²) in [6, 6.07) is 19.8. The van der Waals surface area contributed by atoms with Crippen molar-refractivity contribution in [3.8, 4) is 11.3 Å². The molecule has 0 aliphatic heterocycles. The van der Waals surface area contributed by atoms with E-state index >= 15 is 0 Å². The van der Waals surface area contributed by atoms with Gasteiger partial charge in [0.1, 0.15) is 11.7 Å². The zero-order chi connectivity index (χ0) is 26.4. The molecule has 6 N–H and O–H groups in total. The minimum absolute atomic E-state index is 0.0177. The molecule has 0 spiro atoms. The predicted octanol–water partition coefficient (Wildman–Crippen LogP) is 2.58. The van der Waals surface area contributed by atoms with Gasteiger partial charge in [-0.3, -0.25) is 24.5 Å². The van der Waals surface area contributed by atoms with Crippen LogP contribution >= 0.6 is 0 Å². The number of hydrogen-bond acceptors (Lipinski definition) is 6. The second kappa shape index (κ2) is 11.3. The zero-order valence-electron chi connectivity index (χ0n) is 20.6. The molecule has 0 bridgehead atoms. The number of benzene rings is 2. The molecule has 0 unspecified atom stereocenters. The van der Waals surface area contributed by atoms with Crippen molar-refractivity contribution in [3.05, 3.63) is 111 Å². The smallest absolute Gasteiger partial charge is 0.257 e. The predicted molar refractivity (Wildman–Crippen MR) is 144 cm³/mol. The summed E-state index contributed by atoms with van der Waals surface area (Å²) in [5.74, 6) is 0.226. The Morgan fingerprint density at radius 2 is 1.86 bits per heavy atom. The number of carbonyl (C=O) groups excluding carboxylic acids is 1.